The molecule has 2 rings (SSSR count). The number of halogens is 1. The van der Waals surface area contributed by atoms with Gasteiger partial charge < -0.3 is 11.1 Å². The van der Waals surface area contributed by atoms with Gasteiger partial charge in [0.1, 0.15) is 5.82 Å². The highest BCUT2D eigenvalue weighted by Crippen LogP contribution is 2.12. The summed E-state index contributed by atoms with van der Waals surface area (Å²) in [7, 11) is 0. The maximum absolute atomic E-state index is 13.4. The van der Waals surface area contributed by atoms with E-state index in [0.29, 0.717) is 29.9 Å². The van der Waals surface area contributed by atoms with Gasteiger partial charge in [0.05, 0.1) is 11.4 Å². The van der Waals surface area contributed by atoms with Gasteiger partial charge in [-0.05, 0) is 25.0 Å². The molecule has 1 aromatic carbocycles. The number of benzene rings is 1. The summed E-state index contributed by atoms with van der Waals surface area (Å²) in [6, 6.07) is 6.47. The molecule has 1 aromatic heterocycles. The van der Waals surface area contributed by atoms with Crippen LogP contribution in [0.1, 0.15) is 21.7 Å². The van der Waals surface area contributed by atoms with Crippen molar-refractivity contribution in [3.05, 3.63) is 47.0 Å². The molecule has 0 aliphatic rings. The van der Waals surface area contributed by atoms with Gasteiger partial charge in [0.2, 0.25) is 0 Å². The monoisotopic (exact) mass is 262 g/mol. The van der Waals surface area contributed by atoms with Crippen molar-refractivity contribution in [2.75, 3.05) is 12.3 Å². The topological polar surface area (TPSA) is 83.8 Å². The predicted octanol–water partition coefficient (Wildman–Crippen LogP) is 1.41. The Morgan fingerprint density at radius 1 is 1.47 bits per heavy atom. The van der Waals surface area contributed by atoms with Crippen LogP contribution in [0.2, 0.25) is 0 Å². The number of carbonyl (C=O) groups is 1. The number of aryl methyl sites for hydroxylation is 1. The van der Waals surface area contributed by atoms with Crippen molar-refractivity contribution in [3.8, 4) is 0 Å². The first-order valence-corrected chi connectivity index (χ1v) is 5.91. The Balaban J connectivity index is 1.91. The van der Waals surface area contributed by atoms with Gasteiger partial charge in [0.25, 0.3) is 5.91 Å². The fourth-order valence-corrected chi connectivity index (χ4v) is 1.71. The van der Waals surface area contributed by atoms with Crippen LogP contribution in [-0.2, 0) is 6.42 Å². The minimum Gasteiger partial charge on any atom is -0.395 e. The number of aromatic nitrogens is 2. The summed E-state index contributed by atoms with van der Waals surface area (Å²) in [5.74, 6) is -0.634. The number of amides is 1. The third kappa shape index (κ3) is 2.90. The van der Waals surface area contributed by atoms with Crippen molar-refractivity contribution >= 4 is 11.6 Å². The summed E-state index contributed by atoms with van der Waals surface area (Å²) in [5.41, 5.74) is 7.42. The van der Waals surface area contributed by atoms with E-state index in [4.69, 9.17) is 5.73 Å². The van der Waals surface area contributed by atoms with Gasteiger partial charge in [-0.15, -0.1) is 0 Å². The highest BCUT2D eigenvalue weighted by Gasteiger charge is 2.14. The molecular formula is C13H15FN4O. The van der Waals surface area contributed by atoms with Crippen LogP contribution in [0.3, 0.4) is 0 Å². The molecule has 4 N–H and O–H groups in total. The van der Waals surface area contributed by atoms with Gasteiger partial charge in [0, 0.05) is 6.54 Å². The molecular weight excluding hydrogens is 247 g/mol. The number of H-pyrrole nitrogens is 1. The highest BCUT2D eigenvalue weighted by atomic mass is 19.1. The fourth-order valence-electron chi connectivity index (χ4n) is 1.71. The van der Waals surface area contributed by atoms with Crippen LogP contribution in [0.25, 0.3) is 0 Å². The Bertz CT molecular complexity index is 594. The molecule has 5 nitrogen and oxygen atoms in total. The molecule has 0 unspecified atom stereocenters. The van der Waals surface area contributed by atoms with Crippen LogP contribution >= 0.6 is 0 Å². The van der Waals surface area contributed by atoms with E-state index >= 15 is 0 Å². The van der Waals surface area contributed by atoms with Gasteiger partial charge in [-0.1, -0.05) is 18.2 Å². The Morgan fingerprint density at radius 3 is 2.84 bits per heavy atom. The number of hydrogen-bond acceptors (Lipinski definition) is 3. The Morgan fingerprint density at radius 2 is 2.21 bits per heavy atom. The maximum atomic E-state index is 13.4. The largest absolute Gasteiger partial charge is 0.395 e. The smallest absolute Gasteiger partial charge is 0.273 e. The van der Waals surface area contributed by atoms with Crippen LogP contribution in [0.5, 0.6) is 0 Å². The molecule has 1 heterocycles. The lowest BCUT2D eigenvalue weighted by atomic mass is 10.1. The fraction of sp³-hybridized carbons (Fsp3) is 0.231. The lowest BCUT2D eigenvalue weighted by Gasteiger charge is -2.05. The summed E-state index contributed by atoms with van der Waals surface area (Å²) in [6.45, 7) is 2.06. The number of nitrogens with zero attached hydrogens (tertiary/aromatic N) is 1. The van der Waals surface area contributed by atoms with E-state index in [2.05, 4.69) is 15.5 Å². The first-order valence-electron chi connectivity index (χ1n) is 5.91. The Kier molecular flexibility index (Phi) is 3.79. The van der Waals surface area contributed by atoms with E-state index in [0.717, 1.165) is 0 Å². The Labute approximate surface area is 110 Å². The number of aromatic amines is 1. The number of nitrogens with two attached hydrogens (primary N) is 1. The average Bonchev–Trinajstić information content (AvgIpc) is 2.72. The normalized spacial score (nSPS) is 10.4. The summed E-state index contributed by atoms with van der Waals surface area (Å²) in [6.07, 6.45) is 0.418. The summed E-state index contributed by atoms with van der Waals surface area (Å²) in [5, 5.41) is 9.12. The quantitative estimate of drug-likeness (QED) is 0.779. The van der Waals surface area contributed by atoms with Crippen LogP contribution in [-0.4, -0.2) is 22.6 Å². The van der Waals surface area contributed by atoms with E-state index in [9.17, 15) is 9.18 Å². The zero-order valence-electron chi connectivity index (χ0n) is 10.5. The van der Waals surface area contributed by atoms with E-state index in [1.807, 2.05) is 0 Å². The van der Waals surface area contributed by atoms with Crippen molar-refractivity contribution in [2.45, 2.75) is 13.3 Å². The van der Waals surface area contributed by atoms with Crippen LogP contribution in [0.15, 0.2) is 24.3 Å². The number of carbonyl (C=O) groups excluding carboxylic acids is 1. The van der Waals surface area contributed by atoms with Crippen LogP contribution < -0.4 is 11.1 Å². The van der Waals surface area contributed by atoms with Crippen LogP contribution in [0.4, 0.5) is 10.1 Å². The summed E-state index contributed by atoms with van der Waals surface area (Å²) in [4.78, 5) is 11.8. The molecule has 6 heteroatoms. The number of nitrogen functional groups attached to an aromatic ring is 1. The van der Waals surface area contributed by atoms with Crippen molar-refractivity contribution in [2.24, 2.45) is 0 Å². The second-order valence-electron chi connectivity index (χ2n) is 4.21. The van der Waals surface area contributed by atoms with Gasteiger partial charge in [-0.2, -0.15) is 5.10 Å². The maximum Gasteiger partial charge on any atom is 0.273 e. The van der Waals surface area contributed by atoms with E-state index in [1.165, 1.54) is 6.07 Å². The lowest BCUT2D eigenvalue weighted by molar-refractivity contribution is 0.0950. The summed E-state index contributed by atoms with van der Waals surface area (Å²) >= 11 is 0. The van der Waals surface area contributed by atoms with Gasteiger partial charge in [-0.25, -0.2) is 4.39 Å². The van der Waals surface area contributed by atoms with Crippen molar-refractivity contribution < 1.29 is 9.18 Å². The number of rotatable bonds is 4. The molecule has 2 aromatic rings. The standard InChI is InChI=1S/C13H15FN4O/c1-8-11(15)12(18-17-8)13(19)16-7-6-9-4-2-3-5-10(9)14/h2-5H,6-7,15H2,1H3,(H,16,19)(H,17,18). The third-order valence-electron chi connectivity index (χ3n) is 2.85. The molecule has 0 spiro atoms. The minimum atomic E-state index is -0.363. The van der Waals surface area contributed by atoms with E-state index in [-0.39, 0.29) is 17.4 Å². The zero-order chi connectivity index (χ0) is 13.8. The SMILES string of the molecule is Cc1[nH]nc(C(=O)NCCc2ccccc2F)c1N. The molecule has 0 radical (unpaired) electrons. The average molecular weight is 262 g/mol. The van der Waals surface area contributed by atoms with Gasteiger partial charge in [0.15, 0.2) is 5.69 Å². The van der Waals surface area contributed by atoms with E-state index < -0.39 is 0 Å². The number of hydrogen-bond donors (Lipinski definition) is 3. The third-order valence-corrected chi connectivity index (χ3v) is 2.85. The van der Waals surface area contributed by atoms with Gasteiger partial charge in [-0.3, -0.25) is 9.89 Å². The zero-order valence-corrected chi connectivity index (χ0v) is 10.5. The minimum absolute atomic E-state index is 0.172. The molecule has 0 aliphatic carbocycles. The van der Waals surface area contributed by atoms with Crippen molar-refractivity contribution in [1.29, 1.82) is 0 Å². The molecule has 0 atom stereocenters. The Hall–Kier alpha value is -2.37. The second-order valence-corrected chi connectivity index (χ2v) is 4.21. The van der Waals surface area contributed by atoms with Gasteiger partial charge >= 0.3 is 0 Å². The molecule has 0 saturated heterocycles. The van der Waals surface area contributed by atoms with Crippen molar-refractivity contribution in [1.82, 2.24) is 15.5 Å². The molecule has 0 saturated carbocycles. The highest BCUT2D eigenvalue weighted by molar-refractivity contribution is 5.97. The molecule has 0 aliphatic heterocycles. The molecule has 100 valence electrons. The molecule has 19 heavy (non-hydrogen) atoms. The molecule has 0 bridgehead atoms. The van der Waals surface area contributed by atoms with Crippen LogP contribution in [0, 0.1) is 12.7 Å². The predicted molar refractivity (Wildman–Crippen MR) is 70.2 cm³/mol. The van der Waals surface area contributed by atoms with E-state index in [1.54, 1.807) is 25.1 Å². The second kappa shape index (κ2) is 5.51. The molecule has 0 fully saturated rings. The molecule has 1 amide bonds. The first-order chi connectivity index (χ1) is 9.09. The first kappa shape index (κ1) is 13.1. The number of nitrogens with one attached hydrogen (secondary N) is 2. The summed E-state index contributed by atoms with van der Waals surface area (Å²) < 4.78 is 13.4. The number of anilines is 1. The van der Waals surface area contributed by atoms with Crippen molar-refractivity contribution in [3.63, 3.8) is 0 Å². The lowest BCUT2D eigenvalue weighted by Crippen LogP contribution is -2.27.